The van der Waals surface area contributed by atoms with Crippen LogP contribution >= 0.6 is 0 Å². The van der Waals surface area contributed by atoms with Crippen molar-refractivity contribution in [3.63, 3.8) is 0 Å². The topological polar surface area (TPSA) is 116 Å². The van der Waals surface area contributed by atoms with Crippen LogP contribution in [0.4, 0.5) is 10.1 Å². The first-order chi connectivity index (χ1) is 18.6. The summed E-state index contributed by atoms with van der Waals surface area (Å²) in [6.45, 7) is 9.12. The van der Waals surface area contributed by atoms with Gasteiger partial charge in [-0.3, -0.25) is 19.1 Å². The third-order valence-corrected chi connectivity index (χ3v) is 6.86. The van der Waals surface area contributed by atoms with Gasteiger partial charge in [0.25, 0.3) is 0 Å². The van der Waals surface area contributed by atoms with Gasteiger partial charge in [0.1, 0.15) is 11.7 Å². The summed E-state index contributed by atoms with van der Waals surface area (Å²) >= 11 is 0. The Labute approximate surface area is 226 Å². The van der Waals surface area contributed by atoms with Crippen molar-refractivity contribution in [2.75, 3.05) is 11.9 Å². The molecule has 0 aliphatic rings. The summed E-state index contributed by atoms with van der Waals surface area (Å²) in [5, 5.41) is 0.702. The lowest BCUT2D eigenvalue weighted by atomic mass is 10.0. The molecule has 10 heteroatoms. The summed E-state index contributed by atoms with van der Waals surface area (Å²) in [5.41, 5.74) is 9.93. The molecule has 202 valence electrons. The lowest BCUT2D eigenvalue weighted by Gasteiger charge is -2.21. The molecule has 0 saturated carbocycles. The van der Waals surface area contributed by atoms with Gasteiger partial charge in [-0.2, -0.15) is 4.39 Å². The van der Waals surface area contributed by atoms with Gasteiger partial charge in [0.05, 0.1) is 11.9 Å². The molecule has 4 rings (SSSR count). The van der Waals surface area contributed by atoms with Crippen LogP contribution in [0.1, 0.15) is 33.4 Å². The fourth-order valence-electron chi connectivity index (χ4n) is 4.19. The molecule has 0 saturated heterocycles. The lowest BCUT2D eigenvalue weighted by molar-refractivity contribution is -0.155. The predicted octanol–water partition coefficient (Wildman–Crippen LogP) is 4.88. The minimum Gasteiger partial charge on any atom is -0.440 e. The van der Waals surface area contributed by atoms with Gasteiger partial charge in [0.2, 0.25) is 11.9 Å². The van der Waals surface area contributed by atoms with Crippen LogP contribution in [-0.2, 0) is 14.3 Å². The maximum Gasteiger partial charge on any atom is 0.325 e. The number of ether oxygens (including phenoxy) is 1. The molecular weight excluding hydrogens is 499 g/mol. The van der Waals surface area contributed by atoms with E-state index in [2.05, 4.69) is 21.5 Å². The van der Waals surface area contributed by atoms with Crippen LogP contribution in [0.5, 0.6) is 0 Å². The average Bonchev–Trinajstić information content (AvgIpc) is 3.34. The molecular formula is C29H31FN6O3. The largest absolute Gasteiger partial charge is 0.440 e. The molecule has 39 heavy (non-hydrogen) atoms. The highest BCUT2D eigenvalue weighted by Crippen LogP contribution is 2.35. The molecule has 4 aromatic rings. The van der Waals surface area contributed by atoms with E-state index in [9.17, 15) is 14.0 Å². The second-order valence-electron chi connectivity index (χ2n) is 9.39. The number of nitrogens with two attached hydrogens (primary N) is 1. The molecule has 4 aromatic heterocycles. The molecule has 0 bridgehead atoms. The summed E-state index contributed by atoms with van der Waals surface area (Å²) < 4.78 is 21.5. The number of likely N-dealkylation sites (N-methyl/N-ethyl adjacent to an activating group) is 1. The number of hydrogen-bond acceptors (Lipinski definition) is 7. The third kappa shape index (κ3) is 5.70. The van der Waals surface area contributed by atoms with Crippen LogP contribution in [-0.4, -0.2) is 44.5 Å². The Kier molecular flexibility index (Phi) is 8.15. The molecule has 2 N–H and O–H groups in total. The van der Waals surface area contributed by atoms with Crippen molar-refractivity contribution in [1.29, 1.82) is 0 Å². The van der Waals surface area contributed by atoms with Crippen LogP contribution in [0, 0.1) is 11.9 Å². The Morgan fingerprint density at radius 1 is 1.15 bits per heavy atom. The maximum absolute atomic E-state index is 14.1. The third-order valence-electron chi connectivity index (χ3n) is 6.86. The number of esters is 1. The van der Waals surface area contributed by atoms with Crippen molar-refractivity contribution >= 4 is 28.6 Å². The number of aromatic nitrogens is 4. The molecule has 0 aromatic carbocycles. The minimum atomic E-state index is -0.751. The van der Waals surface area contributed by atoms with Gasteiger partial charge >= 0.3 is 5.97 Å². The predicted molar refractivity (Wildman–Crippen MR) is 148 cm³/mol. The molecule has 9 nitrogen and oxygen atoms in total. The number of carbonyl (C=O) groups is 2. The fourth-order valence-corrected chi connectivity index (χ4v) is 4.19. The average molecular weight is 531 g/mol. The molecule has 3 unspecified atom stereocenters. The molecule has 0 radical (unpaired) electrons. The van der Waals surface area contributed by atoms with Crippen LogP contribution in [0.25, 0.3) is 33.3 Å². The first-order valence-electron chi connectivity index (χ1n) is 12.6. The molecule has 0 fully saturated rings. The van der Waals surface area contributed by atoms with Crippen molar-refractivity contribution in [3.8, 4) is 22.3 Å². The number of anilines is 1. The molecule has 3 atom stereocenters. The summed E-state index contributed by atoms with van der Waals surface area (Å²) in [5.74, 6) is -1.43. The zero-order chi connectivity index (χ0) is 28.3. The first-order valence-corrected chi connectivity index (χ1v) is 12.6. The van der Waals surface area contributed by atoms with Gasteiger partial charge < -0.3 is 15.4 Å². The number of fused-ring (bicyclic) bond motifs is 1. The molecule has 0 aliphatic heterocycles. The lowest BCUT2D eigenvalue weighted by Crippen LogP contribution is -2.38. The smallest absolute Gasteiger partial charge is 0.325 e. The highest BCUT2D eigenvalue weighted by atomic mass is 19.1. The standard InChI is InChI=1S/C29H31FN6O3/c1-6-17(3)27(31)29(38)39-18(4)36-16-24(19-8-9-33-25(30)12-19)23-11-21(14-34-28(23)36)20-10-22(15-32-13-20)35(5)26(37)7-2/h7-18,27H,2,6,31H2,1,3-5H3. The molecule has 1 amide bonds. The number of carbonyl (C=O) groups excluding carboxylic acids is 2. The highest BCUT2D eigenvalue weighted by Gasteiger charge is 2.25. The Bertz CT molecular complexity index is 1530. The maximum atomic E-state index is 14.1. The second-order valence-corrected chi connectivity index (χ2v) is 9.39. The zero-order valence-corrected chi connectivity index (χ0v) is 22.3. The van der Waals surface area contributed by atoms with Crippen LogP contribution in [0.15, 0.2) is 67.9 Å². The van der Waals surface area contributed by atoms with Crippen molar-refractivity contribution in [1.82, 2.24) is 19.5 Å². The normalized spacial score (nSPS) is 13.5. The highest BCUT2D eigenvalue weighted by molar-refractivity contribution is 6.01. The van der Waals surface area contributed by atoms with E-state index in [-0.39, 0.29) is 11.8 Å². The zero-order valence-electron chi connectivity index (χ0n) is 22.3. The van der Waals surface area contributed by atoms with Crippen LogP contribution in [0.2, 0.25) is 0 Å². The van der Waals surface area contributed by atoms with Gasteiger partial charge in [-0.15, -0.1) is 0 Å². The Hall–Kier alpha value is -4.44. The summed E-state index contributed by atoms with van der Waals surface area (Å²) in [6.07, 6.45) is 9.33. The number of pyridine rings is 3. The van der Waals surface area contributed by atoms with E-state index >= 15 is 0 Å². The van der Waals surface area contributed by atoms with E-state index in [0.717, 1.165) is 17.5 Å². The Morgan fingerprint density at radius 3 is 2.59 bits per heavy atom. The van der Waals surface area contributed by atoms with E-state index < -0.39 is 24.2 Å². The van der Waals surface area contributed by atoms with Crippen molar-refractivity contribution in [3.05, 3.63) is 73.9 Å². The number of nitrogens with zero attached hydrogens (tertiary/aromatic N) is 5. The Morgan fingerprint density at radius 2 is 1.90 bits per heavy atom. The van der Waals surface area contributed by atoms with Gasteiger partial charge in [-0.1, -0.05) is 26.8 Å². The SMILES string of the molecule is C=CC(=O)N(C)c1cncc(-c2cnc3c(c2)c(-c2ccnc(F)c2)cn3C(C)OC(=O)C(N)C(C)CC)c1. The van der Waals surface area contributed by atoms with Gasteiger partial charge in [-0.05, 0) is 42.7 Å². The van der Waals surface area contributed by atoms with E-state index in [4.69, 9.17) is 10.5 Å². The van der Waals surface area contributed by atoms with Gasteiger partial charge in [-0.25, -0.2) is 9.97 Å². The Balaban J connectivity index is 1.80. The van der Waals surface area contributed by atoms with Gasteiger partial charge in [0.15, 0.2) is 6.23 Å². The fraction of sp³-hybridized carbons (Fsp3) is 0.276. The van der Waals surface area contributed by atoms with Crippen LogP contribution < -0.4 is 10.6 Å². The summed E-state index contributed by atoms with van der Waals surface area (Å²) in [4.78, 5) is 38.9. The summed E-state index contributed by atoms with van der Waals surface area (Å²) in [6, 6.07) is 6.00. The molecule has 0 spiro atoms. The van der Waals surface area contributed by atoms with E-state index in [1.807, 2.05) is 26.0 Å². The number of hydrogen-bond donors (Lipinski definition) is 1. The van der Waals surface area contributed by atoms with Gasteiger partial charge in [0, 0.05) is 60.0 Å². The second kappa shape index (κ2) is 11.5. The van der Waals surface area contributed by atoms with Crippen molar-refractivity contribution in [2.24, 2.45) is 11.7 Å². The summed E-state index contributed by atoms with van der Waals surface area (Å²) in [7, 11) is 1.64. The monoisotopic (exact) mass is 530 g/mol. The first kappa shape index (κ1) is 27.6. The number of rotatable bonds is 9. The van der Waals surface area contributed by atoms with E-state index in [1.165, 1.54) is 23.2 Å². The number of amides is 1. The quantitative estimate of drug-likeness (QED) is 0.186. The molecule has 4 heterocycles. The van der Waals surface area contributed by atoms with E-state index in [0.29, 0.717) is 27.8 Å². The minimum absolute atomic E-state index is 0.0349. The van der Waals surface area contributed by atoms with Crippen LogP contribution in [0.3, 0.4) is 0 Å². The van der Waals surface area contributed by atoms with E-state index in [1.54, 1.807) is 49.4 Å². The number of halogens is 1. The van der Waals surface area contributed by atoms with Crippen molar-refractivity contribution < 1.29 is 18.7 Å². The molecule has 0 aliphatic carbocycles. The van der Waals surface area contributed by atoms with Crippen molar-refractivity contribution in [2.45, 2.75) is 39.5 Å².